The summed E-state index contributed by atoms with van der Waals surface area (Å²) in [4.78, 5) is 12.0. The molecule has 1 aliphatic rings. The topological polar surface area (TPSA) is 29.1 Å². The number of halogens is 3. The van der Waals surface area contributed by atoms with E-state index in [-0.39, 0.29) is 16.3 Å². The Labute approximate surface area is 125 Å². The molecule has 1 amide bonds. The lowest BCUT2D eigenvalue weighted by Crippen LogP contribution is -2.37. The lowest BCUT2D eigenvalue weighted by Gasteiger charge is -2.26. The Morgan fingerprint density at radius 1 is 1.42 bits per heavy atom. The van der Waals surface area contributed by atoms with Crippen LogP contribution in [0.15, 0.2) is 18.2 Å². The summed E-state index contributed by atoms with van der Waals surface area (Å²) in [7, 11) is 0. The van der Waals surface area contributed by atoms with Crippen LogP contribution in [0.5, 0.6) is 0 Å². The van der Waals surface area contributed by atoms with Gasteiger partial charge >= 0.3 is 0 Å². The number of rotatable bonds is 4. The summed E-state index contributed by atoms with van der Waals surface area (Å²) < 4.78 is 13.3. The Morgan fingerprint density at radius 3 is 2.68 bits per heavy atom. The van der Waals surface area contributed by atoms with Gasteiger partial charge < -0.3 is 5.32 Å². The van der Waals surface area contributed by atoms with Gasteiger partial charge in [-0.1, -0.05) is 40.4 Å². The van der Waals surface area contributed by atoms with E-state index < -0.39 is 5.82 Å². The van der Waals surface area contributed by atoms with Crippen molar-refractivity contribution in [1.82, 2.24) is 5.32 Å². The third-order valence-corrected chi connectivity index (χ3v) is 5.25. The number of carbonyl (C=O) groups excluding carboxylic acids is 1. The molecule has 104 valence electrons. The number of carbonyl (C=O) groups is 1. The summed E-state index contributed by atoms with van der Waals surface area (Å²) in [5, 5.41) is 3.82. The molecule has 1 fully saturated rings. The molecular formula is C14H16BrClFNO. The van der Waals surface area contributed by atoms with Crippen LogP contribution in [0.2, 0.25) is 5.02 Å². The lowest BCUT2D eigenvalue weighted by atomic mass is 9.89. The molecule has 0 bridgehead atoms. The van der Waals surface area contributed by atoms with Gasteiger partial charge in [-0.2, -0.15) is 0 Å². The molecule has 1 aromatic rings. The molecule has 0 radical (unpaired) electrons. The summed E-state index contributed by atoms with van der Waals surface area (Å²) >= 11 is 9.13. The van der Waals surface area contributed by atoms with Crippen LogP contribution in [0.4, 0.5) is 4.39 Å². The predicted molar refractivity (Wildman–Crippen MR) is 78.4 cm³/mol. The first-order valence-corrected chi connectivity index (χ1v) is 7.85. The highest BCUT2D eigenvalue weighted by Gasteiger charge is 2.33. The van der Waals surface area contributed by atoms with Crippen LogP contribution in [-0.4, -0.2) is 17.8 Å². The van der Waals surface area contributed by atoms with Gasteiger partial charge in [0.05, 0.1) is 5.02 Å². The average Bonchev–Trinajstić information content (AvgIpc) is 2.89. The molecule has 5 heteroatoms. The second kappa shape index (κ2) is 6.23. The molecule has 0 aromatic heterocycles. The van der Waals surface area contributed by atoms with Gasteiger partial charge in [0, 0.05) is 17.4 Å². The average molecular weight is 349 g/mol. The molecule has 1 aliphatic carbocycles. The largest absolute Gasteiger partial charge is 0.351 e. The van der Waals surface area contributed by atoms with Crippen molar-refractivity contribution in [2.75, 3.05) is 11.9 Å². The molecule has 0 spiro atoms. The minimum Gasteiger partial charge on any atom is -0.351 e. The third-order valence-electron chi connectivity index (χ3n) is 3.75. The van der Waals surface area contributed by atoms with Gasteiger partial charge in [-0.25, -0.2) is 4.39 Å². The number of hydrogen-bond donors (Lipinski definition) is 1. The van der Waals surface area contributed by atoms with Crippen LogP contribution in [0, 0.1) is 11.2 Å². The van der Waals surface area contributed by atoms with Crippen LogP contribution >= 0.6 is 27.5 Å². The number of nitrogens with one attached hydrogen (secondary N) is 1. The molecule has 19 heavy (non-hydrogen) atoms. The van der Waals surface area contributed by atoms with E-state index in [1.165, 1.54) is 31.0 Å². The zero-order chi connectivity index (χ0) is 13.9. The van der Waals surface area contributed by atoms with E-state index in [2.05, 4.69) is 21.2 Å². The number of benzene rings is 1. The summed E-state index contributed by atoms with van der Waals surface area (Å²) in [6, 6.07) is 4.12. The van der Waals surface area contributed by atoms with E-state index in [0.717, 1.165) is 18.2 Å². The van der Waals surface area contributed by atoms with Crippen molar-refractivity contribution >= 4 is 33.4 Å². The van der Waals surface area contributed by atoms with Gasteiger partial charge in [-0.3, -0.25) is 4.79 Å². The van der Waals surface area contributed by atoms with Gasteiger partial charge in [-0.05, 0) is 36.5 Å². The molecule has 0 saturated heterocycles. The molecule has 1 aromatic carbocycles. The van der Waals surface area contributed by atoms with Gasteiger partial charge in [0.2, 0.25) is 0 Å². The van der Waals surface area contributed by atoms with Crippen molar-refractivity contribution in [1.29, 1.82) is 0 Å². The van der Waals surface area contributed by atoms with E-state index in [0.29, 0.717) is 12.1 Å². The Hall–Kier alpha value is -0.610. The number of hydrogen-bond acceptors (Lipinski definition) is 1. The van der Waals surface area contributed by atoms with E-state index in [4.69, 9.17) is 11.6 Å². The smallest absolute Gasteiger partial charge is 0.251 e. The van der Waals surface area contributed by atoms with E-state index in [1.807, 2.05) is 0 Å². The van der Waals surface area contributed by atoms with Crippen molar-refractivity contribution in [2.45, 2.75) is 25.7 Å². The fraction of sp³-hybridized carbons (Fsp3) is 0.500. The second-order valence-corrected chi connectivity index (χ2v) is 6.12. The zero-order valence-corrected chi connectivity index (χ0v) is 12.9. The normalized spacial score (nSPS) is 17.4. The van der Waals surface area contributed by atoms with Gasteiger partial charge in [-0.15, -0.1) is 0 Å². The minimum atomic E-state index is -0.564. The van der Waals surface area contributed by atoms with Crippen molar-refractivity contribution in [3.63, 3.8) is 0 Å². The van der Waals surface area contributed by atoms with Gasteiger partial charge in [0.1, 0.15) is 5.82 Å². The van der Waals surface area contributed by atoms with Crippen molar-refractivity contribution in [2.24, 2.45) is 5.41 Å². The lowest BCUT2D eigenvalue weighted by molar-refractivity contribution is 0.0935. The molecular weight excluding hydrogens is 333 g/mol. The van der Waals surface area contributed by atoms with Crippen LogP contribution < -0.4 is 5.32 Å². The quantitative estimate of drug-likeness (QED) is 0.813. The fourth-order valence-electron chi connectivity index (χ4n) is 2.49. The van der Waals surface area contributed by atoms with Gasteiger partial charge in [0.25, 0.3) is 5.91 Å². The highest BCUT2D eigenvalue weighted by Crippen LogP contribution is 2.39. The van der Waals surface area contributed by atoms with E-state index >= 15 is 0 Å². The molecule has 0 atom stereocenters. The first kappa shape index (κ1) is 14.8. The van der Waals surface area contributed by atoms with Crippen molar-refractivity contribution in [3.05, 3.63) is 34.6 Å². The maximum absolute atomic E-state index is 13.3. The van der Waals surface area contributed by atoms with E-state index in [1.54, 1.807) is 0 Å². The minimum absolute atomic E-state index is 0.0317. The molecule has 1 N–H and O–H groups in total. The molecule has 0 aliphatic heterocycles. The van der Waals surface area contributed by atoms with Crippen LogP contribution in [0.25, 0.3) is 0 Å². The van der Waals surface area contributed by atoms with E-state index in [9.17, 15) is 9.18 Å². The Balaban J connectivity index is 1.99. The van der Waals surface area contributed by atoms with Crippen molar-refractivity contribution in [3.8, 4) is 0 Å². The van der Waals surface area contributed by atoms with Gasteiger partial charge in [0.15, 0.2) is 0 Å². The maximum Gasteiger partial charge on any atom is 0.251 e. The Bertz CT molecular complexity index is 475. The highest BCUT2D eigenvalue weighted by molar-refractivity contribution is 9.09. The molecule has 1 saturated carbocycles. The molecule has 2 nitrogen and oxygen atoms in total. The second-order valence-electron chi connectivity index (χ2n) is 5.15. The van der Waals surface area contributed by atoms with Crippen LogP contribution in [0.3, 0.4) is 0 Å². The zero-order valence-electron chi connectivity index (χ0n) is 10.5. The Kier molecular flexibility index (Phi) is 4.85. The summed E-state index contributed by atoms with van der Waals surface area (Å²) in [5.74, 6) is -0.812. The molecule has 0 unspecified atom stereocenters. The third kappa shape index (κ3) is 3.48. The number of alkyl halides is 1. The van der Waals surface area contributed by atoms with Crippen LogP contribution in [0.1, 0.15) is 36.0 Å². The predicted octanol–water partition coefficient (Wildman–Crippen LogP) is 4.16. The first-order valence-electron chi connectivity index (χ1n) is 6.36. The Morgan fingerprint density at radius 2 is 2.11 bits per heavy atom. The molecule has 0 heterocycles. The fourth-order valence-corrected chi connectivity index (χ4v) is 3.37. The SMILES string of the molecule is O=C(NCC1(CBr)CCCC1)c1ccc(Cl)c(F)c1. The van der Waals surface area contributed by atoms with Crippen LogP contribution in [-0.2, 0) is 0 Å². The molecule has 2 rings (SSSR count). The first-order chi connectivity index (χ1) is 9.06. The highest BCUT2D eigenvalue weighted by atomic mass is 79.9. The maximum atomic E-state index is 13.3. The summed E-state index contributed by atoms with van der Waals surface area (Å²) in [6.07, 6.45) is 4.65. The number of amides is 1. The monoisotopic (exact) mass is 347 g/mol. The summed E-state index contributed by atoms with van der Waals surface area (Å²) in [5.41, 5.74) is 0.463. The standard InChI is InChI=1S/C14H16BrClFNO/c15-8-14(5-1-2-6-14)9-18-13(19)10-3-4-11(16)12(17)7-10/h3-4,7H,1-2,5-6,8-9H2,(H,18,19). The summed E-state index contributed by atoms with van der Waals surface area (Å²) in [6.45, 7) is 0.626. The van der Waals surface area contributed by atoms with Crippen molar-refractivity contribution < 1.29 is 9.18 Å².